The van der Waals surface area contributed by atoms with Gasteiger partial charge >= 0.3 is 0 Å². The molecule has 0 unspecified atom stereocenters. The Balaban J connectivity index is 2.16. The normalized spacial score (nSPS) is 10.1. The van der Waals surface area contributed by atoms with Crippen molar-refractivity contribution in [3.8, 4) is 0 Å². The maximum atomic E-state index is 13.0. The van der Waals surface area contributed by atoms with E-state index in [9.17, 15) is 9.18 Å². The first-order valence-corrected chi connectivity index (χ1v) is 5.57. The molecule has 5 heteroatoms. The number of amides is 1. The summed E-state index contributed by atoms with van der Waals surface area (Å²) in [7, 11) is 0. The Bertz CT molecular complexity index is 572. The second-order valence-electron chi connectivity index (χ2n) is 3.71. The lowest BCUT2D eigenvalue weighted by Gasteiger charge is -2.05. The number of hydrogen-bond acceptors (Lipinski definition) is 3. The van der Waals surface area contributed by atoms with Gasteiger partial charge in [-0.25, -0.2) is 14.4 Å². The van der Waals surface area contributed by atoms with Crippen LogP contribution in [-0.2, 0) is 6.42 Å². The summed E-state index contributed by atoms with van der Waals surface area (Å²) in [6, 6.07) is 7.33. The van der Waals surface area contributed by atoms with Crippen LogP contribution in [0.25, 0.3) is 0 Å². The van der Waals surface area contributed by atoms with E-state index in [0.29, 0.717) is 5.69 Å². The number of rotatable bonds is 3. The first-order chi connectivity index (χ1) is 8.69. The fourth-order valence-corrected chi connectivity index (χ4v) is 1.48. The maximum absolute atomic E-state index is 13.0. The molecule has 0 aliphatic carbocycles. The zero-order valence-electron chi connectivity index (χ0n) is 9.85. The molecule has 0 fully saturated rings. The maximum Gasteiger partial charge on any atom is 0.274 e. The van der Waals surface area contributed by atoms with Crippen molar-refractivity contribution in [2.24, 2.45) is 0 Å². The molecule has 18 heavy (non-hydrogen) atoms. The van der Waals surface area contributed by atoms with Crippen molar-refractivity contribution >= 4 is 11.6 Å². The Labute approximate surface area is 104 Å². The number of halogens is 1. The molecule has 92 valence electrons. The first kappa shape index (κ1) is 12.2. The summed E-state index contributed by atoms with van der Waals surface area (Å²) in [5.74, 6) is -0.776. The largest absolute Gasteiger partial charge is 0.321 e. The molecule has 0 saturated heterocycles. The van der Waals surface area contributed by atoms with E-state index in [1.165, 1.54) is 24.5 Å². The van der Waals surface area contributed by atoms with Crippen LogP contribution in [0.15, 0.2) is 36.7 Å². The molecular formula is C13H12FN3O. The average Bonchev–Trinajstić information content (AvgIpc) is 2.39. The van der Waals surface area contributed by atoms with Crippen LogP contribution in [0.4, 0.5) is 10.1 Å². The third-order valence-electron chi connectivity index (χ3n) is 2.40. The highest BCUT2D eigenvalue weighted by Crippen LogP contribution is 2.10. The molecule has 0 radical (unpaired) electrons. The number of anilines is 1. The molecule has 1 N–H and O–H groups in total. The minimum Gasteiger partial charge on any atom is -0.321 e. The van der Waals surface area contributed by atoms with E-state index in [-0.39, 0.29) is 11.6 Å². The number of aryl methyl sites for hydroxylation is 1. The molecule has 4 nitrogen and oxygen atoms in total. The highest BCUT2D eigenvalue weighted by Gasteiger charge is 2.08. The van der Waals surface area contributed by atoms with Gasteiger partial charge in [-0.2, -0.15) is 0 Å². The second kappa shape index (κ2) is 5.35. The van der Waals surface area contributed by atoms with Crippen molar-refractivity contribution in [3.63, 3.8) is 0 Å². The summed E-state index contributed by atoms with van der Waals surface area (Å²) in [6.07, 6.45) is 2.07. The van der Waals surface area contributed by atoms with Crippen LogP contribution in [-0.4, -0.2) is 15.9 Å². The molecule has 1 heterocycles. The van der Waals surface area contributed by atoms with E-state index in [1.54, 1.807) is 12.1 Å². The molecule has 0 bridgehead atoms. The van der Waals surface area contributed by atoms with Crippen molar-refractivity contribution < 1.29 is 9.18 Å². The first-order valence-electron chi connectivity index (χ1n) is 5.57. The van der Waals surface area contributed by atoms with E-state index in [2.05, 4.69) is 15.3 Å². The lowest BCUT2D eigenvalue weighted by molar-refractivity contribution is 0.102. The predicted molar refractivity (Wildman–Crippen MR) is 65.8 cm³/mol. The minimum atomic E-state index is -0.398. The van der Waals surface area contributed by atoms with Gasteiger partial charge < -0.3 is 5.32 Å². The van der Waals surface area contributed by atoms with Crippen molar-refractivity contribution in [2.75, 3.05) is 5.32 Å². The topological polar surface area (TPSA) is 54.9 Å². The van der Waals surface area contributed by atoms with Gasteiger partial charge in [0.25, 0.3) is 5.91 Å². The minimum absolute atomic E-state index is 0.270. The van der Waals surface area contributed by atoms with Gasteiger partial charge in [-0.1, -0.05) is 13.0 Å². The lowest BCUT2D eigenvalue weighted by Crippen LogP contribution is -2.14. The average molecular weight is 245 g/mol. The van der Waals surface area contributed by atoms with Crippen molar-refractivity contribution in [2.45, 2.75) is 13.3 Å². The SMILES string of the molecule is CCc1cc(C(=O)Nc2cccc(F)c2)ncn1. The summed E-state index contributed by atoms with van der Waals surface area (Å²) < 4.78 is 13.0. The molecule has 0 saturated carbocycles. The summed E-state index contributed by atoms with van der Waals surface area (Å²) in [5.41, 5.74) is 1.46. The van der Waals surface area contributed by atoms with Crippen molar-refractivity contribution in [3.05, 3.63) is 53.9 Å². The summed E-state index contributed by atoms with van der Waals surface area (Å²) >= 11 is 0. The van der Waals surface area contributed by atoms with Crippen molar-refractivity contribution in [1.82, 2.24) is 9.97 Å². The highest BCUT2D eigenvalue weighted by molar-refractivity contribution is 6.02. The van der Waals surface area contributed by atoms with E-state index in [1.807, 2.05) is 6.92 Å². The zero-order valence-corrected chi connectivity index (χ0v) is 9.85. The van der Waals surface area contributed by atoms with Crippen LogP contribution in [0.3, 0.4) is 0 Å². The van der Waals surface area contributed by atoms with Crippen LogP contribution >= 0.6 is 0 Å². The Morgan fingerprint density at radius 2 is 2.17 bits per heavy atom. The Kier molecular flexibility index (Phi) is 3.62. The predicted octanol–water partition coefficient (Wildman–Crippen LogP) is 2.43. The van der Waals surface area contributed by atoms with Gasteiger partial charge in [0, 0.05) is 11.4 Å². The summed E-state index contributed by atoms with van der Waals surface area (Å²) in [6.45, 7) is 1.94. The van der Waals surface area contributed by atoms with Gasteiger partial charge in [-0.15, -0.1) is 0 Å². The summed E-state index contributed by atoms with van der Waals surface area (Å²) in [4.78, 5) is 19.8. The van der Waals surface area contributed by atoms with E-state index < -0.39 is 5.82 Å². The molecule has 0 atom stereocenters. The number of carbonyl (C=O) groups is 1. The molecule has 2 aromatic rings. The Morgan fingerprint density at radius 3 is 2.89 bits per heavy atom. The second-order valence-corrected chi connectivity index (χ2v) is 3.71. The quantitative estimate of drug-likeness (QED) is 0.903. The van der Waals surface area contributed by atoms with Gasteiger partial charge in [-0.05, 0) is 30.7 Å². The fourth-order valence-electron chi connectivity index (χ4n) is 1.48. The number of hydrogen-bond donors (Lipinski definition) is 1. The van der Waals surface area contributed by atoms with Crippen LogP contribution in [0, 0.1) is 5.82 Å². The molecule has 2 rings (SSSR count). The van der Waals surface area contributed by atoms with Gasteiger partial charge in [0.2, 0.25) is 0 Å². The van der Waals surface area contributed by atoms with E-state index >= 15 is 0 Å². The van der Waals surface area contributed by atoms with Gasteiger partial charge in [-0.3, -0.25) is 4.79 Å². The molecule has 0 spiro atoms. The number of aromatic nitrogens is 2. The van der Waals surface area contributed by atoms with Crippen LogP contribution in [0.2, 0.25) is 0 Å². The highest BCUT2D eigenvalue weighted by atomic mass is 19.1. The van der Waals surface area contributed by atoms with E-state index in [0.717, 1.165) is 12.1 Å². The van der Waals surface area contributed by atoms with E-state index in [4.69, 9.17) is 0 Å². The Morgan fingerprint density at radius 1 is 1.33 bits per heavy atom. The Hall–Kier alpha value is -2.30. The number of nitrogens with one attached hydrogen (secondary N) is 1. The van der Waals surface area contributed by atoms with Gasteiger partial charge in [0.15, 0.2) is 0 Å². The number of nitrogens with zero attached hydrogens (tertiary/aromatic N) is 2. The number of carbonyl (C=O) groups excluding carboxylic acids is 1. The third kappa shape index (κ3) is 2.88. The van der Waals surface area contributed by atoms with Gasteiger partial charge in [0.05, 0.1) is 0 Å². The molecule has 0 aliphatic rings. The van der Waals surface area contributed by atoms with Crippen LogP contribution in [0.5, 0.6) is 0 Å². The standard InChI is InChI=1S/C13H12FN3O/c1-2-10-7-12(16-8-15-10)13(18)17-11-5-3-4-9(14)6-11/h3-8H,2H2,1H3,(H,17,18). The fraction of sp³-hybridized carbons (Fsp3) is 0.154. The lowest BCUT2D eigenvalue weighted by atomic mass is 10.2. The van der Waals surface area contributed by atoms with Crippen molar-refractivity contribution in [1.29, 1.82) is 0 Å². The zero-order chi connectivity index (χ0) is 13.0. The van der Waals surface area contributed by atoms with Gasteiger partial charge in [0.1, 0.15) is 17.8 Å². The van der Waals surface area contributed by atoms with Crippen LogP contribution < -0.4 is 5.32 Å². The van der Waals surface area contributed by atoms with Crippen LogP contribution in [0.1, 0.15) is 23.1 Å². The monoisotopic (exact) mass is 245 g/mol. The molecule has 1 aromatic heterocycles. The molecular weight excluding hydrogens is 233 g/mol. The summed E-state index contributed by atoms with van der Waals surface area (Å²) in [5, 5.41) is 2.58. The smallest absolute Gasteiger partial charge is 0.274 e. The molecule has 0 aliphatic heterocycles. The molecule has 1 aromatic carbocycles. The number of benzene rings is 1. The third-order valence-corrected chi connectivity index (χ3v) is 2.40. The molecule has 1 amide bonds.